The van der Waals surface area contributed by atoms with Crippen molar-refractivity contribution in [1.29, 1.82) is 0 Å². The van der Waals surface area contributed by atoms with Gasteiger partial charge in [0.15, 0.2) is 15.6 Å². The monoisotopic (exact) mass is 273 g/mol. The lowest BCUT2D eigenvalue weighted by Gasteiger charge is -2.08. The molecule has 0 radical (unpaired) electrons. The number of sulfone groups is 1. The Morgan fingerprint density at radius 2 is 1.61 bits per heavy atom. The van der Waals surface area contributed by atoms with Crippen LogP contribution in [0.5, 0.6) is 0 Å². The van der Waals surface area contributed by atoms with E-state index in [4.69, 9.17) is 0 Å². The van der Waals surface area contributed by atoms with Gasteiger partial charge in [0.25, 0.3) is 0 Å². The number of amides is 1. The van der Waals surface area contributed by atoms with E-state index in [1.54, 1.807) is 0 Å². The molecule has 2 rings (SSSR count). The van der Waals surface area contributed by atoms with Crippen LogP contribution >= 0.6 is 0 Å². The second-order valence-corrected chi connectivity index (χ2v) is 7.39. The highest BCUT2D eigenvalue weighted by Gasteiger charge is 2.30. The third kappa shape index (κ3) is 4.08. The van der Waals surface area contributed by atoms with Crippen LogP contribution in [-0.2, 0) is 19.4 Å². The van der Waals surface area contributed by atoms with E-state index in [0.717, 1.165) is 38.5 Å². The molecule has 1 amide bonds. The molecular formula is C12H19NO4S. The van der Waals surface area contributed by atoms with Crippen molar-refractivity contribution in [1.82, 2.24) is 5.32 Å². The van der Waals surface area contributed by atoms with Crippen LogP contribution in [0, 0.1) is 5.92 Å². The molecule has 1 N–H and O–H groups in total. The molecule has 0 atom stereocenters. The summed E-state index contributed by atoms with van der Waals surface area (Å²) in [6.45, 7) is 0. The van der Waals surface area contributed by atoms with Crippen LogP contribution in [0.4, 0.5) is 0 Å². The van der Waals surface area contributed by atoms with Gasteiger partial charge in [-0.1, -0.05) is 12.8 Å². The number of nitrogens with one attached hydrogen (secondary N) is 1. The molecule has 0 aromatic carbocycles. The Bertz CT molecular complexity index is 433. The van der Waals surface area contributed by atoms with Crippen LogP contribution in [0.25, 0.3) is 0 Å². The standard InChI is InChI=1S/C12H19NO4S/c14-11(9-3-1-2-4-9)7-18(16,17)8-12(15)13-10-5-6-10/h9-10H,1-8H2,(H,13,15). The van der Waals surface area contributed by atoms with Crippen LogP contribution in [-0.4, -0.2) is 37.7 Å². The third-order valence-corrected chi connectivity index (χ3v) is 4.89. The first kappa shape index (κ1) is 13.5. The normalized spacial score (nSPS) is 20.9. The second kappa shape index (κ2) is 5.38. The molecule has 2 aliphatic carbocycles. The fraction of sp³-hybridized carbons (Fsp3) is 0.833. The van der Waals surface area contributed by atoms with Gasteiger partial charge >= 0.3 is 0 Å². The van der Waals surface area contributed by atoms with Crippen LogP contribution in [0.1, 0.15) is 38.5 Å². The van der Waals surface area contributed by atoms with E-state index in [1.807, 2.05) is 0 Å². The van der Waals surface area contributed by atoms with Crippen molar-refractivity contribution in [3.8, 4) is 0 Å². The average molecular weight is 273 g/mol. The van der Waals surface area contributed by atoms with Gasteiger partial charge in [0.05, 0.1) is 0 Å². The van der Waals surface area contributed by atoms with Crippen LogP contribution in [0.2, 0.25) is 0 Å². The van der Waals surface area contributed by atoms with Crippen molar-refractivity contribution in [3.05, 3.63) is 0 Å². The summed E-state index contributed by atoms with van der Waals surface area (Å²) < 4.78 is 23.5. The highest BCUT2D eigenvalue weighted by atomic mass is 32.2. The van der Waals surface area contributed by atoms with Gasteiger partial charge < -0.3 is 5.32 Å². The van der Waals surface area contributed by atoms with Gasteiger partial charge in [0, 0.05) is 12.0 Å². The Balaban J connectivity index is 1.81. The first-order valence-corrected chi connectivity index (χ1v) is 8.31. The Kier molecular flexibility index (Phi) is 4.04. The number of hydrogen-bond acceptors (Lipinski definition) is 4. The lowest BCUT2D eigenvalue weighted by atomic mass is 10.0. The van der Waals surface area contributed by atoms with Crippen molar-refractivity contribution in [2.75, 3.05) is 11.5 Å². The van der Waals surface area contributed by atoms with Crippen LogP contribution in [0.3, 0.4) is 0 Å². The van der Waals surface area contributed by atoms with Crippen molar-refractivity contribution in [2.45, 2.75) is 44.6 Å². The Morgan fingerprint density at radius 1 is 1.00 bits per heavy atom. The smallest absolute Gasteiger partial charge is 0.235 e. The summed E-state index contributed by atoms with van der Waals surface area (Å²) in [5, 5.41) is 2.62. The summed E-state index contributed by atoms with van der Waals surface area (Å²) in [4.78, 5) is 23.2. The maximum absolute atomic E-state index is 11.8. The zero-order valence-electron chi connectivity index (χ0n) is 10.4. The van der Waals surface area contributed by atoms with Crippen LogP contribution in [0.15, 0.2) is 0 Å². The molecule has 0 aromatic heterocycles. The van der Waals surface area contributed by atoms with Crippen LogP contribution < -0.4 is 5.32 Å². The van der Waals surface area contributed by atoms with E-state index in [1.165, 1.54) is 0 Å². The highest BCUT2D eigenvalue weighted by molar-refractivity contribution is 7.92. The van der Waals surface area contributed by atoms with E-state index in [0.29, 0.717) is 0 Å². The lowest BCUT2D eigenvalue weighted by molar-refractivity contribution is -0.120. The van der Waals surface area contributed by atoms with E-state index in [-0.39, 0.29) is 17.7 Å². The summed E-state index contributed by atoms with van der Waals surface area (Å²) in [6, 6.07) is 0.151. The molecule has 0 bridgehead atoms. The molecular weight excluding hydrogens is 254 g/mol. The molecule has 0 saturated heterocycles. The van der Waals surface area contributed by atoms with Gasteiger partial charge in [-0.3, -0.25) is 9.59 Å². The number of ketones is 1. The zero-order valence-corrected chi connectivity index (χ0v) is 11.2. The minimum Gasteiger partial charge on any atom is -0.352 e. The molecule has 18 heavy (non-hydrogen) atoms. The van der Waals surface area contributed by atoms with Gasteiger partial charge in [-0.05, 0) is 25.7 Å². The predicted molar refractivity (Wildman–Crippen MR) is 66.8 cm³/mol. The van der Waals surface area contributed by atoms with Crippen molar-refractivity contribution in [3.63, 3.8) is 0 Å². The summed E-state index contributed by atoms with van der Waals surface area (Å²) in [5.74, 6) is -1.83. The largest absolute Gasteiger partial charge is 0.352 e. The fourth-order valence-corrected chi connectivity index (χ4v) is 3.58. The number of rotatable bonds is 6. The first-order valence-electron chi connectivity index (χ1n) is 6.49. The minimum atomic E-state index is -3.60. The minimum absolute atomic E-state index is 0.105. The molecule has 2 fully saturated rings. The van der Waals surface area contributed by atoms with Crippen molar-refractivity contribution >= 4 is 21.5 Å². The average Bonchev–Trinajstić information content (AvgIpc) is 2.89. The molecule has 5 nitrogen and oxygen atoms in total. The van der Waals surface area contributed by atoms with Crippen molar-refractivity contribution in [2.24, 2.45) is 5.92 Å². The van der Waals surface area contributed by atoms with E-state index in [2.05, 4.69) is 5.32 Å². The zero-order chi connectivity index (χ0) is 13.2. The SMILES string of the molecule is O=C(CS(=O)(=O)CC(=O)C1CCCC1)NC1CC1. The molecule has 0 aliphatic heterocycles. The molecule has 0 unspecified atom stereocenters. The summed E-state index contributed by atoms with van der Waals surface area (Å²) in [7, 11) is -3.60. The number of hydrogen-bond donors (Lipinski definition) is 1. The molecule has 0 spiro atoms. The Hall–Kier alpha value is -0.910. The lowest BCUT2D eigenvalue weighted by Crippen LogP contribution is -2.34. The summed E-state index contributed by atoms with van der Waals surface area (Å²) >= 11 is 0. The van der Waals surface area contributed by atoms with E-state index < -0.39 is 27.3 Å². The summed E-state index contributed by atoms with van der Waals surface area (Å²) in [6.07, 6.45) is 5.43. The fourth-order valence-electron chi connectivity index (χ4n) is 2.33. The molecule has 0 heterocycles. The second-order valence-electron chi connectivity index (χ2n) is 5.32. The third-order valence-electron chi connectivity index (χ3n) is 3.47. The molecule has 0 aromatic rings. The Labute approximate surface area is 107 Å². The molecule has 2 aliphatic rings. The molecule has 2 saturated carbocycles. The highest BCUT2D eigenvalue weighted by Crippen LogP contribution is 2.25. The summed E-state index contributed by atoms with van der Waals surface area (Å²) in [5.41, 5.74) is 0. The molecule has 102 valence electrons. The first-order chi connectivity index (χ1) is 8.46. The Morgan fingerprint density at radius 3 is 2.17 bits per heavy atom. The van der Waals surface area contributed by atoms with Gasteiger partial charge in [-0.2, -0.15) is 0 Å². The number of Topliss-reactive ketones (excluding diaryl/α,β-unsaturated/α-hetero) is 1. The quantitative estimate of drug-likeness (QED) is 0.761. The van der Waals surface area contributed by atoms with Gasteiger partial charge in [0.2, 0.25) is 5.91 Å². The number of carbonyl (C=O) groups is 2. The maximum Gasteiger partial charge on any atom is 0.235 e. The maximum atomic E-state index is 11.8. The number of carbonyl (C=O) groups excluding carboxylic acids is 2. The van der Waals surface area contributed by atoms with Gasteiger partial charge in [0.1, 0.15) is 11.5 Å². The van der Waals surface area contributed by atoms with Crippen molar-refractivity contribution < 1.29 is 18.0 Å². The van der Waals surface area contributed by atoms with E-state index >= 15 is 0 Å². The van der Waals surface area contributed by atoms with Gasteiger partial charge in [-0.15, -0.1) is 0 Å². The van der Waals surface area contributed by atoms with Gasteiger partial charge in [-0.25, -0.2) is 8.42 Å². The predicted octanol–water partition coefficient (Wildman–Crippen LogP) is 0.439. The topological polar surface area (TPSA) is 80.3 Å². The molecule has 6 heteroatoms. The van der Waals surface area contributed by atoms with E-state index in [9.17, 15) is 18.0 Å².